The molecule has 0 saturated carbocycles. The van der Waals surface area contributed by atoms with Gasteiger partial charge in [0.2, 0.25) is 5.78 Å². The van der Waals surface area contributed by atoms with E-state index in [-0.39, 0.29) is 11.4 Å². The van der Waals surface area contributed by atoms with Crippen molar-refractivity contribution >= 4 is 23.0 Å². The molecule has 1 N–H and O–H groups in total. The number of carbonyl (C=O) groups is 2. The topological polar surface area (TPSA) is 83.0 Å². The zero-order valence-corrected chi connectivity index (χ0v) is 20.2. The first kappa shape index (κ1) is 23.9. The number of nitrogens with zero attached hydrogens (tertiary/aromatic N) is 3. The largest absolute Gasteiger partial charge is 0.503 e. The maximum absolute atomic E-state index is 13.5. The Kier molecular flexibility index (Phi) is 7.69. The Morgan fingerprint density at radius 2 is 1.88 bits per heavy atom. The molecule has 8 heteroatoms. The van der Waals surface area contributed by atoms with Crippen LogP contribution in [-0.4, -0.2) is 64.9 Å². The number of hydrogen-bond acceptors (Lipinski definition) is 7. The van der Waals surface area contributed by atoms with Crippen LogP contribution < -0.4 is 4.74 Å². The first-order valence-corrected chi connectivity index (χ1v) is 11.7. The molecule has 0 aliphatic carbocycles. The molecular weight excluding hydrogens is 426 g/mol. The van der Waals surface area contributed by atoms with Crippen LogP contribution in [-0.2, 0) is 4.79 Å². The molecule has 32 heavy (non-hydrogen) atoms. The molecule has 1 aromatic carbocycles. The van der Waals surface area contributed by atoms with E-state index >= 15 is 0 Å². The van der Waals surface area contributed by atoms with Gasteiger partial charge in [0.15, 0.2) is 5.76 Å². The highest BCUT2D eigenvalue weighted by atomic mass is 32.1. The zero-order valence-electron chi connectivity index (χ0n) is 19.3. The van der Waals surface area contributed by atoms with Crippen molar-refractivity contribution in [2.75, 3.05) is 33.3 Å². The minimum Gasteiger partial charge on any atom is -0.503 e. The Morgan fingerprint density at radius 1 is 1.22 bits per heavy atom. The lowest BCUT2D eigenvalue weighted by Crippen LogP contribution is -2.34. The fourth-order valence-electron chi connectivity index (χ4n) is 4.12. The molecule has 7 nitrogen and oxygen atoms in total. The van der Waals surface area contributed by atoms with Crippen LogP contribution in [0.4, 0.5) is 0 Å². The Morgan fingerprint density at radius 3 is 2.41 bits per heavy atom. The summed E-state index contributed by atoms with van der Waals surface area (Å²) in [7, 11) is 1.59. The lowest BCUT2D eigenvalue weighted by atomic mass is 9.95. The van der Waals surface area contributed by atoms with E-state index < -0.39 is 17.7 Å². The van der Waals surface area contributed by atoms with Gasteiger partial charge in [-0.15, -0.1) is 11.3 Å². The molecule has 1 atom stereocenters. The highest BCUT2D eigenvalue weighted by molar-refractivity contribution is 7.14. The molecule has 1 aliphatic rings. The SMILES string of the molecule is CCN(CC)CCCN1C(=O)C(O)=C(C(=O)c2sc(C)nc2C)C1c1ccc(OC)cc1. The van der Waals surface area contributed by atoms with Gasteiger partial charge in [0.1, 0.15) is 5.75 Å². The fraction of sp³-hybridized carbons (Fsp3) is 0.458. The van der Waals surface area contributed by atoms with E-state index in [2.05, 4.69) is 23.7 Å². The molecule has 3 rings (SSSR count). The molecule has 1 amide bonds. The smallest absolute Gasteiger partial charge is 0.290 e. The van der Waals surface area contributed by atoms with Crippen LogP contribution in [0, 0.1) is 13.8 Å². The monoisotopic (exact) mass is 457 g/mol. The predicted octanol–water partition coefficient (Wildman–Crippen LogP) is 4.08. The maximum atomic E-state index is 13.5. The van der Waals surface area contributed by atoms with Gasteiger partial charge >= 0.3 is 0 Å². The molecule has 1 unspecified atom stereocenters. The van der Waals surface area contributed by atoms with Gasteiger partial charge in [-0.25, -0.2) is 4.98 Å². The Balaban J connectivity index is 1.98. The van der Waals surface area contributed by atoms with E-state index in [9.17, 15) is 14.7 Å². The summed E-state index contributed by atoms with van der Waals surface area (Å²) in [4.78, 5) is 35.3. The van der Waals surface area contributed by atoms with Gasteiger partial charge in [-0.1, -0.05) is 26.0 Å². The third-order valence-corrected chi connectivity index (χ3v) is 6.93. The number of benzene rings is 1. The number of aliphatic hydroxyl groups is 1. The van der Waals surface area contributed by atoms with Gasteiger partial charge in [-0.05, 0) is 57.6 Å². The van der Waals surface area contributed by atoms with Gasteiger partial charge in [0.05, 0.1) is 34.3 Å². The first-order valence-electron chi connectivity index (χ1n) is 10.9. The summed E-state index contributed by atoms with van der Waals surface area (Å²) in [5, 5.41) is 11.6. The minimum atomic E-state index is -0.653. The van der Waals surface area contributed by atoms with Crippen molar-refractivity contribution in [2.45, 2.75) is 40.2 Å². The van der Waals surface area contributed by atoms with Crippen LogP contribution in [0.3, 0.4) is 0 Å². The molecular formula is C24H31N3O4S. The van der Waals surface area contributed by atoms with Crippen molar-refractivity contribution < 1.29 is 19.4 Å². The molecule has 172 valence electrons. The zero-order chi connectivity index (χ0) is 23.4. The molecule has 0 bridgehead atoms. The lowest BCUT2D eigenvalue weighted by Gasteiger charge is -2.28. The van der Waals surface area contributed by atoms with Crippen molar-refractivity contribution in [3.8, 4) is 5.75 Å². The summed E-state index contributed by atoms with van der Waals surface area (Å²) in [6.07, 6.45) is 0.744. The van der Waals surface area contributed by atoms with Crippen LogP contribution in [0.5, 0.6) is 5.75 Å². The van der Waals surface area contributed by atoms with Crippen LogP contribution in [0.15, 0.2) is 35.6 Å². The summed E-state index contributed by atoms with van der Waals surface area (Å²) in [5.41, 5.74) is 1.49. The number of carbonyl (C=O) groups excluding carboxylic acids is 2. The van der Waals surface area contributed by atoms with Gasteiger partial charge in [-0.2, -0.15) is 0 Å². The van der Waals surface area contributed by atoms with Crippen LogP contribution in [0.2, 0.25) is 0 Å². The summed E-state index contributed by atoms with van der Waals surface area (Å²) in [6, 6.07) is 6.62. The van der Waals surface area contributed by atoms with E-state index in [0.29, 0.717) is 22.9 Å². The van der Waals surface area contributed by atoms with Crippen molar-refractivity contribution in [3.63, 3.8) is 0 Å². The third kappa shape index (κ3) is 4.71. The van der Waals surface area contributed by atoms with E-state index in [1.807, 2.05) is 19.1 Å². The molecule has 1 aromatic heterocycles. The fourth-order valence-corrected chi connectivity index (χ4v) is 4.99. The molecule has 1 aliphatic heterocycles. The summed E-state index contributed by atoms with van der Waals surface area (Å²) >= 11 is 1.28. The quantitative estimate of drug-likeness (QED) is 0.542. The molecule has 0 radical (unpaired) electrons. The van der Waals surface area contributed by atoms with Gasteiger partial charge < -0.3 is 19.6 Å². The molecule has 0 fully saturated rings. The standard InChI is InChI=1S/C24H31N3O4S/c1-6-26(7-2)13-8-14-27-20(17-9-11-18(31-5)12-10-17)19(22(29)24(27)30)21(28)23-15(3)25-16(4)32-23/h9-12,20,29H,6-8,13-14H2,1-5H3. The predicted molar refractivity (Wildman–Crippen MR) is 125 cm³/mol. The number of amides is 1. The van der Waals surface area contributed by atoms with Crippen molar-refractivity contribution in [2.24, 2.45) is 0 Å². The number of aliphatic hydroxyl groups excluding tert-OH is 1. The normalized spacial score (nSPS) is 16.4. The number of ether oxygens (including phenoxy) is 1. The second-order valence-electron chi connectivity index (χ2n) is 7.79. The first-order chi connectivity index (χ1) is 15.3. The Labute approximate surface area is 193 Å². The number of aryl methyl sites for hydroxylation is 2. The maximum Gasteiger partial charge on any atom is 0.290 e. The number of methoxy groups -OCH3 is 1. The summed E-state index contributed by atoms with van der Waals surface area (Å²) in [5.74, 6) is -0.635. The summed E-state index contributed by atoms with van der Waals surface area (Å²) in [6.45, 7) is 11.0. The van der Waals surface area contributed by atoms with Crippen LogP contribution in [0.25, 0.3) is 0 Å². The molecule has 2 aromatic rings. The summed E-state index contributed by atoms with van der Waals surface area (Å²) < 4.78 is 5.26. The third-order valence-electron chi connectivity index (χ3n) is 5.86. The Hall–Kier alpha value is -2.71. The molecule has 0 spiro atoms. The Bertz CT molecular complexity index is 1010. The van der Waals surface area contributed by atoms with Crippen molar-refractivity contribution in [1.29, 1.82) is 0 Å². The lowest BCUT2D eigenvalue weighted by molar-refractivity contribution is -0.129. The number of hydrogen-bond donors (Lipinski definition) is 1. The second kappa shape index (κ2) is 10.3. The number of ketones is 1. The van der Waals surface area contributed by atoms with Crippen molar-refractivity contribution in [1.82, 2.24) is 14.8 Å². The number of thiazole rings is 1. The van der Waals surface area contributed by atoms with E-state index in [1.165, 1.54) is 11.3 Å². The van der Waals surface area contributed by atoms with E-state index in [4.69, 9.17) is 4.74 Å². The number of aromatic nitrogens is 1. The van der Waals surface area contributed by atoms with Gasteiger partial charge in [0, 0.05) is 6.54 Å². The molecule has 0 saturated heterocycles. The average molecular weight is 458 g/mol. The second-order valence-corrected chi connectivity index (χ2v) is 9.00. The van der Waals surface area contributed by atoms with Gasteiger partial charge in [-0.3, -0.25) is 9.59 Å². The minimum absolute atomic E-state index is 0.120. The van der Waals surface area contributed by atoms with Crippen LogP contribution in [0.1, 0.15) is 52.2 Å². The van der Waals surface area contributed by atoms with E-state index in [0.717, 1.165) is 36.6 Å². The van der Waals surface area contributed by atoms with Crippen molar-refractivity contribution in [3.05, 3.63) is 56.7 Å². The number of Topliss-reactive ketones (excluding diaryl/α,β-unsaturated/α-hetero) is 1. The highest BCUT2D eigenvalue weighted by Crippen LogP contribution is 2.40. The molecule has 2 heterocycles. The highest BCUT2D eigenvalue weighted by Gasteiger charge is 2.44. The number of rotatable bonds is 10. The van der Waals surface area contributed by atoms with E-state index in [1.54, 1.807) is 31.1 Å². The van der Waals surface area contributed by atoms with Gasteiger partial charge in [0.25, 0.3) is 5.91 Å². The average Bonchev–Trinajstić information content (AvgIpc) is 3.26. The van der Waals surface area contributed by atoms with Crippen LogP contribution >= 0.6 is 11.3 Å².